The van der Waals surface area contributed by atoms with Crippen LogP contribution in [0.3, 0.4) is 0 Å². The van der Waals surface area contributed by atoms with E-state index in [1.54, 1.807) is 23.8 Å². The molecule has 104 valence electrons. The van der Waals surface area contributed by atoms with E-state index in [2.05, 4.69) is 0 Å². The van der Waals surface area contributed by atoms with Gasteiger partial charge >= 0.3 is 0 Å². The average molecular weight is 257 g/mol. The van der Waals surface area contributed by atoms with Crippen LogP contribution in [0.2, 0.25) is 0 Å². The van der Waals surface area contributed by atoms with E-state index in [9.17, 15) is 14.7 Å². The van der Waals surface area contributed by atoms with Gasteiger partial charge in [0, 0.05) is 19.6 Å². The Morgan fingerprint density at radius 3 is 2.78 bits per heavy atom. The molecule has 3 N–H and O–H groups in total. The molecule has 0 aromatic carbocycles. The zero-order valence-electron chi connectivity index (χ0n) is 11.1. The lowest BCUT2D eigenvalue weighted by atomic mass is 9.97. The first-order chi connectivity index (χ1) is 8.40. The van der Waals surface area contributed by atoms with Crippen LogP contribution in [0, 0.1) is 5.92 Å². The summed E-state index contributed by atoms with van der Waals surface area (Å²) in [5.74, 6) is -0.557. The van der Waals surface area contributed by atoms with E-state index in [1.165, 1.54) is 0 Å². The van der Waals surface area contributed by atoms with Gasteiger partial charge in [0.15, 0.2) is 0 Å². The highest BCUT2D eigenvalue weighted by Gasteiger charge is 2.27. The number of nitrogens with zero attached hydrogens (tertiary/aromatic N) is 2. The van der Waals surface area contributed by atoms with Crippen molar-refractivity contribution in [2.24, 2.45) is 11.7 Å². The summed E-state index contributed by atoms with van der Waals surface area (Å²) < 4.78 is 0. The van der Waals surface area contributed by atoms with Gasteiger partial charge in [0.1, 0.15) is 0 Å². The van der Waals surface area contributed by atoms with Gasteiger partial charge in [-0.2, -0.15) is 0 Å². The number of carbonyl (C=O) groups excluding carboxylic acids is 2. The number of piperidine rings is 1. The second kappa shape index (κ2) is 6.70. The number of likely N-dealkylation sites (N-methyl/N-ethyl adjacent to an activating group) is 1. The van der Waals surface area contributed by atoms with Crippen LogP contribution in [-0.2, 0) is 9.59 Å². The minimum absolute atomic E-state index is 0.0101. The van der Waals surface area contributed by atoms with Crippen molar-refractivity contribution in [3.05, 3.63) is 0 Å². The van der Waals surface area contributed by atoms with E-state index >= 15 is 0 Å². The Labute approximate surface area is 108 Å². The number of aliphatic hydroxyl groups is 1. The summed E-state index contributed by atoms with van der Waals surface area (Å²) in [5.41, 5.74) is 5.28. The highest BCUT2D eigenvalue weighted by Crippen LogP contribution is 2.16. The number of hydrogen-bond acceptors (Lipinski definition) is 4. The van der Waals surface area contributed by atoms with Crippen molar-refractivity contribution in [2.75, 3.05) is 33.2 Å². The Kier molecular flexibility index (Phi) is 5.55. The molecule has 2 atom stereocenters. The van der Waals surface area contributed by atoms with E-state index in [1.807, 2.05) is 0 Å². The van der Waals surface area contributed by atoms with Gasteiger partial charge in [-0.05, 0) is 26.8 Å². The van der Waals surface area contributed by atoms with Crippen LogP contribution in [0.1, 0.15) is 19.8 Å². The zero-order chi connectivity index (χ0) is 13.7. The summed E-state index contributed by atoms with van der Waals surface area (Å²) >= 11 is 0. The summed E-state index contributed by atoms with van der Waals surface area (Å²) in [6, 6.07) is 0. The first kappa shape index (κ1) is 14.9. The summed E-state index contributed by atoms with van der Waals surface area (Å²) in [7, 11) is 1.79. The van der Waals surface area contributed by atoms with Gasteiger partial charge in [0.05, 0.1) is 18.6 Å². The predicted molar refractivity (Wildman–Crippen MR) is 67.7 cm³/mol. The monoisotopic (exact) mass is 257 g/mol. The van der Waals surface area contributed by atoms with Crippen LogP contribution >= 0.6 is 0 Å². The van der Waals surface area contributed by atoms with E-state index in [0.717, 1.165) is 12.8 Å². The van der Waals surface area contributed by atoms with E-state index in [4.69, 9.17) is 5.73 Å². The molecule has 2 unspecified atom stereocenters. The summed E-state index contributed by atoms with van der Waals surface area (Å²) in [5, 5.41) is 9.23. The van der Waals surface area contributed by atoms with Crippen LogP contribution < -0.4 is 5.73 Å². The minimum Gasteiger partial charge on any atom is -0.392 e. The van der Waals surface area contributed by atoms with Crippen LogP contribution in [0.4, 0.5) is 0 Å². The summed E-state index contributed by atoms with van der Waals surface area (Å²) in [6.45, 7) is 3.52. The van der Waals surface area contributed by atoms with Crippen molar-refractivity contribution in [1.82, 2.24) is 9.80 Å². The third-order valence-electron chi connectivity index (χ3n) is 3.16. The molecule has 0 radical (unpaired) electrons. The molecule has 6 nitrogen and oxygen atoms in total. The summed E-state index contributed by atoms with van der Waals surface area (Å²) in [6.07, 6.45) is 1.13. The maximum atomic E-state index is 12.0. The van der Waals surface area contributed by atoms with E-state index in [-0.39, 0.29) is 24.3 Å². The lowest BCUT2D eigenvalue weighted by Gasteiger charge is -2.32. The molecule has 6 heteroatoms. The molecule has 0 aromatic heterocycles. The zero-order valence-corrected chi connectivity index (χ0v) is 11.1. The fraction of sp³-hybridized carbons (Fsp3) is 0.833. The molecule has 2 amide bonds. The van der Waals surface area contributed by atoms with Crippen molar-refractivity contribution in [1.29, 1.82) is 0 Å². The fourth-order valence-electron chi connectivity index (χ4n) is 2.28. The van der Waals surface area contributed by atoms with Crippen LogP contribution in [-0.4, -0.2) is 66.1 Å². The second-order valence-electron chi connectivity index (χ2n) is 5.13. The molecule has 18 heavy (non-hydrogen) atoms. The van der Waals surface area contributed by atoms with E-state index in [0.29, 0.717) is 19.6 Å². The largest absolute Gasteiger partial charge is 0.392 e. The van der Waals surface area contributed by atoms with Crippen molar-refractivity contribution >= 4 is 11.8 Å². The summed E-state index contributed by atoms with van der Waals surface area (Å²) in [4.78, 5) is 26.6. The van der Waals surface area contributed by atoms with Gasteiger partial charge in [0.25, 0.3) is 0 Å². The van der Waals surface area contributed by atoms with Gasteiger partial charge in [0.2, 0.25) is 11.8 Å². The number of nitrogens with two attached hydrogens (primary N) is 1. The number of carbonyl (C=O) groups is 2. The van der Waals surface area contributed by atoms with E-state index < -0.39 is 6.10 Å². The molecule has 0 bridgehead atoms. The third-order valence-corrected chi connectivity index (χ3v) is 3.16. The molecule has 1 saturated heterocycles. The standard InChI is InChI=1S/C12H23N3O3/c1-9(16)6-14(2)8-11(17)15-5-3-4-10(7-15)12(13)18/h9-10,16H,3-8H2,1-2H3,(H2,13,18). The van der Waals surface area contributed by atoms with Crippen molar-refractivity contribution < 1.29 is 14.7 Å². The molecular weight excluding hydrogens is 234 g/mol. The second-order valence-corrected chi connectivity index (χ2v) is 5.13. The van der Waals surface area contributed by atoms with Crippen molar-refractivity contribution in [3.63, 3.8) is 0 Å². The first-order valence-corrected chi connectivity index (χ1v) is 6.34. The first-order valence-electron chi connectivity index (χ1n) is 6.34. The minimum atomic E-state index is -0.456. The van der Waals surface area contributed by atoms with Gasteiger partial charge in [-0.25, -0.2) is 0 Å². The molecule has 0 aromatic rings. The van der Waals surface area contributed by atoms with Crippen molar-refractivity contribution in [2.45, 2.75) is 25.9 Å². The quantitative estimate of drug-likeness (QED) is 0.663. The lowest BCUT2D eigenvalue weighted by molar-refractivity contribution is -0.135. The Morgan fingerprint density at radius 2 is 2.22 bits per heavy atom. The lowest BCUT2D eigenvalue weighted by Crippen LogP contribution is -2.47. The fourth-order valence-corrected chi connectivity index (χ4v) is 2.28. The van der Waals surface area contributed by atoms with Crippen LogP contribution in [0.5, 0.6) is 0 Å². The van der Waals surface area contributed by atoms with Gasteiger partial charge in [-0.15, -0.1) is 0 Å². The molecule has 1 rings (SSSR count). The molecule has 0 aliphatic carbocycles. The Bertz CT molecular complexity index is 307. The van der Waals surface area contributed by atoms with Crippen molar-refractivity contribution in [3.8, 4) is 0 Å². The van der Waals surface area contributed by atoms with Gasteiger partial charge in [-0.1, -0.05) is 0 Å². The maximum Gasteiger partial charge on any atom is 0.236 e. The molecule has 1 aliphatic heterocycles. The number of aliphatic hydroxyl groups excluding tert-OH is 1. The number of primary amides is 1. The Balaban J connectivity index is 2.43. The maximum absolute atomic E-state index is 12.0. The Morgan fingerprint density at radius 1 is 1.56 bits per heavy atom. The number of rotatable bonds is 5. The number of hydrogen-bond donors (Lipinski definition) is 2. The number of likely N-dealkylation sites (tertiary alicyclic amines) is 1. The van der Waals surface area contributed by atoms with Crippen LogP contribution in [0.25, 0.3) is 0 Å². The molecule has 1 aliphatic rings. The Hall–Kier alpha value is -1.14. The topological polar surface area (TPSA) is 86.9 Å². The molecular formula is C12H23N3O3. The van der Waals surface area contributed by atoms with Gasteiger partial charge < -0.3 is 15.7 Å². The van der Waals surface area contributed by atoms with Gasteiger partial charge in [-0.3, -0.25) is 14.5 Å². The smallest absolute Gasteiger partial charge is 0.236 e. The molecule has 0 spiro atoms. The van der Waals surface area contributed by atoms with Crippen LogP contribution in [0.15, 0.2) is 0 Å². The third kappa shape index (κ3) is 4.62. The predicted octanol–water partition coefficient (Wildman–Crippen LogP) is -0.977. The molecule has 0 saturated carbocycles. The molecule has 1 heterocycles. The SMILES string of the molecule is CC(O)CN(C)CC(=O)N1CCCC(C(N)=O)C1. The highest BCUT2D eigenvalue weighted by atomic mass is 16.3. The average Bonchev–Trinajstić information content (AvgIpc) is 2.27. The number of amides is 2. The molecule has 1 fully saturated rings. The highest BCUT2D eigenvalue weighted by molar-refractivity contribution is 5.81. The normalized spacial score (nSPS) is 22.0.